The molecule has 1 unspecified atom stereocenters. The summed E-state index contributed by atoms with van der Waals surface area (Å²) in [5.41, 5.74) is 0. The van der Waals surface area contributed by atoms with E-state index in [-0.39, 0.29) is 0 Å². The second-order valence-corrected chi connectivity index (χ2v) is 7.78. The van der Waals surface area contributed by atoms with Gasteiger partial charge in [0.25, 0.3) is 0 Å². The minimum absolute atomic E-state index is 0.374. The van der Waals surface area contributed by atoms with Gasteiger partial charge in [0.05, 0.1) is 0 Å². The molecule has 0 radical (unpaired) electrons. The van der Waals surface area contributed by atoms with E-state index in [0.717, 1.165) is 48.7 Å². The molecule has 1 aliphatic rings. The molecular weight excluding hydrogens is 334 g/mol. The van der Waals surface area contributed by atoms with Gasteiger partial charge < -0.3 is 14.7 Å². The number of piperidine rings is 1. The number of rotatable bonds is 5. The number of aromatic nitrogens is 4. The van der Waals surface area contributed by atoms with Crippen LogP contribution in [0.5, 0.6) is 0 Å². The molecule has 2 aromatic rings. The summed E-state index contributed by atoms with van der Waals surface area (Å²) in [5.74, 6) is 3.02. The van der Waals surface area contributed by atoms with Crippen LogP contribution in [0.3, 0.4) is 0 Å². The van der Waals surface area contributed by atoms with Crippen molar-refractivity contribution in [1.29, 1.82) is 0 Å². The molecule has 8 heteroatoms. The average molecular weight is 362 g/mol. The molecule has 3 rings (SSSR count). The van der Waals surface area contributed by atoms with Crippen molar-refractivity contribution in [1.82, 2.24) is 19.3 Å². The minimum atomic E-state index is 0.374. The van der Waals surface area contributed by atoms with Crippen molar-refractivity contribution in [3.63, 3.8) is 0 Å². The Morgan fingerprint density at radius 3 is 2.72 bits per heavy atom. The number of hydrogen-bond acceptors (Lipinski definition) is 8. The van der Waals surface area contributed by atoms with Gasteiger partial charge >= 0.3 is 0 Å². The first-order valence-corrected chi connectivity index (χ1v) is 9.54. The number of nitrogens with zero attached hydrogens (tertiary/aromatic N) is 7. The lowest BCUT2D eigenvalue weighted by Crippen LogP contribution is -2.47. The average Bonchev–Trinajstić information content (AvgIpc) is 3.12. The Balaban J connectivity index is 1.73. The van der Waals surface area contributed by atoms with Crippen molar-refractivity contribution < 1.29 is 0 Å². The Morgan fingerprint density at radius 2 is 2.04 bits per heavy atom. The standard InChI is InChI=1S/C17H27N7S/c1-12(2)15-20-17(25-21-15)24-10-6-7-13(11-24)23(5)14-8-9-18-16(19-14)22(3)4/h8-9,12-13H,6-7,10-11H2,1-5H3. The van der Waals surface area contributed by atoms with Crippen LogP contribution in [0, 0.1) is 0 Å². The van der Waals surface area contributed by atoms with Crippen molar-refractivity contribution in [3.8, 4) is 0 Å². The fraction of sp³-hybridized carbons (Fsp3) is 0.647. The summed E-state index contributed by atoms with van der Waals surface area (Å²) in [7, 11) is 6.04. The van der Waals surface area contributed by atoms with E-state index in [4.69, 9.17) is 4.98 Å². The first-order chi connectivity index (χ1) is 12.0. The summed E-state index contributed by atoms with van der Waals surface area (Å²) in [6.07, 6.45) is 4.13. The van der Waals surface area contributed by atoms with Crippen LogP contribution in [-0.4, -0.2) is 59.6 Å². The first kappa shape index (κ1) is 17.8. The lowest BCUT2D eigenvalue weighted by molar-refractivity contribution is 0.485. The van der Waals surface area contributed by atoms with E-state index >= 15 is 0 Å². The second kappa shape index (κ2) is 7.51. The van der Waals surface area contributed by atoms with E-state index < -0.39 is 0 Å². The van der Waals surface area contributed by atoms with E-state index in [1.807, 2.05) is 31.3 Å². The molecule has 7 nitrogen and oxygen atoms in total. The van der Waals surface area contributed by atoms with E-state index in [1.165, 1.54) is 11.5 Å². The lowest BCUT2D eigenvalue weighted by atomic mass is 10.1. The van der Waals surface area contributed by atoms with Gasteiger partial charge in [-0.3, -0.25) is 0 Å². The summed E-state index contributed by atoms with van der Waals surface area (Å²) < 4.78 is 4.50. The predicted octanol–water partition coefficient (Wildman–Crippen LogP) is 2.62. The molecule has 2 aromatic heterocycles. The van der Waals surface area contributed by atoms with Crippen molar-refractivity contribution >= 4 is 28.4 Å². The van der Waals surface area contributed by atoms with Gasteiger partial charge in [-0.25, -0.2) is 9.97 Å². The highest BCUT2D eigenvalue weighted by molar-refractivity contribution is 7.09. The van der Waals surface area contributed by atoms with E-state index in [9.17, 15) is 0 Å². The van der Waals surface area contributed by atoms with E-state index in [1.54, 1.807) is 0 Å². The molecular formula is C17H27N7S. The summed E-state index contributed by atoms with van der Waals surface area (Å²) >= 11 is 1.51. The van der Waals surface area contributed by atoms with Crippen LogP contribution in [0.15, 0.2) is 12.3 Å². The minimum Gasteiger partial charge on any atom is -0.355 e. The second-order valence-electron chi connectivity index (χ2n) is 7.05. The zero-order valence-electron chi connectivity index (χ0n) is 15.7. The fourth-order valence-corrected chi connectivity index (χ4v) is 3.81. The maximum Gasteiger partial charge on any atom is 0.226 e. The third-order valence-electron chi connectivity index (χ3n) is 4.55. The molecule has 136 valence electrons. The smallest absolute Gasteiger partial charge is 0.226 e. The highest BCUT2D eigenvalue weighted by atomic mass is 32.1. The maximum absolute atomic E-state index is 4.72. The van der Waals surface area contributed by atoms with Crippen LogP contribution in [0.25, 0.3) is 0 Å². The molecule has 0 saturated carbocycles. The summed E-state index contributed by atoms with van der Waals surface area (Å²) in [6, 6.07) is 2.39. The van der Waals surface area contributed by atoms with Crippen LogP contribution in [0.2, 0.25) is 0 Å². The van der Waals surface area contributed by atoms with E-state index in [0.29, 0.717) is 12.0 Å². The van der Waals surface area contributed by atoms with Gasteiger partial charge in [0, 0.05) is 63.9 Å². The topological polar surface area (TPSA) is 61.3 Å². The van der Waals surface area contributed by atoms with Gasteiger partial charge in [-0.1, -0.05) is 13.8 Å². The number of anilines is 3. The Morgan fingerprint density at radius 1 is 1.24 bits per heavy atom. The maximum atomic E-state index is 4.72. The summed E-state index contributed by atoms with van der Waals surface area (Å²) in [4.78, 5) is 20.3. The van der Waals surface area contributed by atoms with Gasteiger partial charge in [0.2, 0.25) is 11.1 Å². The SMILES string of the molecule is CC(C)c1nsc(N2CCCC(N(C)c3ccnc(N(C)C)n3)C2)n1. The molecule has 0 amide bonds. The largest absolute Gasteiger partial charge is 0.355 e. The van der Waals surface area contributed by atoms with Crippen molar-refractivity contribution in [2.75, 3.05) is 48.9 Å². The molecule has 0 aromatic carbocycles. The Hall–Kier alpha value is -1.96. The Kier molecular flexibility index (Phi) is 5.36. The van der Waals surface area contributed by atoms with Crippen molar-refractivity contribution in [3.05, 3.63) is 18.1 Å². The highest BCUT2D eigenvalue weighted by Gasteiger charge is 2.26. The summed E-state index contributed by atoms with van der Waals surface area (Å²) in [5, 5.41) is 1.04. The van der Waals surface area contributed by atoms with Crippen LogP contribution in [0.4, 0.5) is 16.9 Å². The predicted molar refractivity (Wildman–Crippen MR) is 104 cm³/mol. The van der Waals surface area contributed by atoms with Crippen LogP contribution in [-0.2, 0) is 0 Å². The molecule has 1 atom stereocenters. The molecule has 1 aliphatic heterocycles. The van der Waals surface area contributed by atoms with Crippen LogP contribution in [0.1, 0.15) is 38.4 Å². The molecule has 0 N–H and O–H groups in total. The monoisotopic (exact) mass is 361 g/mol. The third-order valence-corrected chi connectivity index (χ3v) is 5.34. The van der Waals surface area contributed by atoms with Crippen molar-refractivity contribution in [2.24, 2.45) is 0 Å². The fourth-order valence-electron chi connectivity index (χ4n) is 2.97. The van der Waals surface area contributed by atoms with Crippen LogP contribution >= 0.6 is 11.5 Å². The normalized spacial score (nSPS) is 17.8. The molecule has 1 fully saturated rings. The van der Waals surface area contributed by atoms with E-state index in [2.05, 4.69) is 45.0 Å². The first-order valence-electron chi connectivity index (χ1n) is 8.77. The van der Waals surface area contributed by atoms with Crippen molar-refractivity contribution in [2.45, 2.75) is 38.6 Å². The molecule has 0 bridgehead atoms. The van der Waals surface area contributed by atoms with Crippen LogP contribution < -0.4 is 14.7 Å². The molecule has 0 aliphatic carbocycles. The Bertz CT molecular complexity index is 700. The molecule has 1 saturated heterocycles. The van der Waals surface area contributed by atoms with Gasteiger partial charge in [-0.2, -0.15) is 9.36 Å². The number of hydrogen-bond donors (Lipinski definition) is 0. The third kappa shape index (κ3) is 4.00. The van der Waals surface area contributed by atoms with Gasteiger partial charge in [0.15, 0.2) is 0 Å². The molecule has 25 heavy (non-hydrogen) atoms. The molecule has 3 heterocycles. The number of likely N-dealkylation sites (N-methyl/N-ethyl adjacent to an activating group) is 1. The van der Waals surface area contributed by atoms with Gasteiger partial charge in [-0.05, 0) is 18.9 Å². The lowest BCUT2D eigenvalue weighted by Gasteiger charge is -2.38. The highest BCUT2D eigenvalue weighted by Crippen LogP contribution is 2.27. The van der Waals surface area contributed by atoms with Gasteiger partial charge in [-0.15, -0.1) is 0 Å². The quantitative estimate of drug-likeness (QED) is 0.811. The van der Waals surface area contributed by atoms with Gasteiger partial charge in [0.1, 0.15) is 11.6 Å². The zero-order valence-corrected chi connectivity index (χ0v) is 16.5. The zero-order chi connectivity index (χ0) is 18.0. The molecule has 0 spiro atoms. The Labute approximate surface area is 153 Å². The summed E-state index contributed by atoms with van der Waals surface area (Å²) in [6.45, 7) is 6.26.